The smallest absolute Gasteiger partial charge is 0.283 e. The average Bonchev–Trinajstić information content (AvgIpc) is 3.14. The van der Waals surface area contributed by atoms with E-state index in [2.05, 4.69) is 15.3 Å². The number of nitrogens with zero attached hydrogens (tertiary/aromatic N) is 4. The molecule has 10 nitrogen and oxygen atoms in total. The van der Waals surface area contributed by atoms with Crippen molar-refractivity contribution in [3.8, 4) is 0 Å². The fourth-order valence-corrected chi connectivity index (χ4v) is 4.69. The van der Waals surface area contributed by atoms with Gasteiger partial charge >= 0.3 is 0 Å². The number of carbonyl (C=O) groups is 1. The van der Waals surface area contributed by atoms with Gasteiger partial charge in [0.2, 0.25) is 0 Å². The number of benzene rings is 2. The van der Waals surface area contributed by atoms with Gasteiger partial charge in [0, 0.05) is 23.9 Å². The largest absolute Gasteiger partial charge is 0.300 e. The van der Waals surface area contributed by atoms with E-state index in [4.69, 9.17) is 0 Å². The Labute approximate surface area is 201 Å². The van der Waals surface area contributed by atoms with Gasteiger partial charge in [-0.15, -0.1) is 0 Å². The van der Waals surface area contributed by atoms with Crippen molar-refractivity contribution in [2.45, 2.75) is 16.8 Å². The number of hydrogen-bond acceptors (Lipinski definition) is 9. The molecule has 0 aliphatic carbocycles. The van der Waals surface area contributed by atoms with Gasteiger partial charge in [-0.2, -0.15) is 0 Å². The second-order valence-electron chi connectivity index (χ2n) is 6.96. The number of aromatic nitrogens is 1. The molecule has 1 aliphatic rings. The Morgan fingerprint density at radius 2 is 1.85 bits per heavy atom. The van der Waals surface area contributed by atoms with Crippen LogP contribution in [0.2, 0.25) is 0 Å². The molecule has 1 saturated heterocycles. The number of rotatable bonds is 6. The van der Waals surface area contributed by atoms with E-state index < -0.39 is 15.8 Å². The van der Waals surface area contributed by atoms with Crippen molar-refractivity contribution in [2.75, 3.05) is 0 Å². The first-order valence-electron chi connectivity index (χ1n) is 9.72. The zero-order valence-electron chi connectivity index (χ0n) is 17.5. The minimum atomic E-state index is -0.493. The molecular weight excluding hydrogens is 478 g/mol. The third-order valence-electron chi connectivity index (χ3n) is 4.60. The van der Waals surface area contributed by atoms with Gasteiger partial charge < -0.3 is 5.32 Å². The van der Waals surface area contributed by atoms with Crippen molar-refractivity contribution in [3.05, 3.63) is 97.1 Å². The average molecular weight is 494 g/mol. The summed E-state index contributed by atoms with van der Waals surface area (Å²) in [5.41, 5.74) is 1.14. The highest BCUT2D eigenvalue weighted by Gasteiger charge is 2.25. The topological polar surface area (TPSA) is 141 Å². The first-order chi connectivity index (χ1) is 16.3. The molecule has 12 heteroatoms. The summed E-state index contributed by atoms with van der Waals surface area (Å²) in [6.45, 7) is 1.63. The molecule has 0 bridgehead atoms. The van der Waals surface area contributed by atoms with Crippen LogP contribution in [0, 0.1) is 27.2 Å². The molecule has 0 radical (unpaired) electrons. The minimum absolute atomic E-state index is 0.0667. The third kappa shape index (κ3) is 5.30. The second-order valence-corrected chi connectivity index (χ2v) is 9.06. The van der Waals surface area contributed by atoms with Crippen LogP contribution in [0.25, 0.3) is 6.08 Å². The number of nitro groups is 2. The number of nitro benzene ring substituents is 2. The van der Waals surface area contributed by atoms with Crippen LogP contribution in [0.4, 0.5) is 17.1 Å². The molecule has 4 rings (SSSR count). The molecule has 1 fully saturated rings. The highest BCUT2D eigenvalue weighted by molar-refractivity contribution is 8.18. The summed E-state index contributed by atoms with van der Waals surface area (Å²) in [4.78, 5) is 43.4. The Bertz CT molecular complexity index is 1380. The predicted molar refractivity (Wildman–Crippen MR) is 130 cm³/mol. The highest BCUT2D eigenvalue weighted by Crippen LogP contribution is 2.36. The highest BCUT2D eigenvalue weighted by atomic mass is 32.2. The lowest BCUT2D eigenvalue weighted by Crippen LogP contribution is -2.19. The summed E-state index contributed by atoms with van der Waals surface area (Å²) in [6.07, 6.45) is 3.14. The number of hydrogen-bond donors (Lipinski definition) is 1. The molecular formula is C22H15N5O5S2. The van der Waals surface area contributed by atoms with Gasteiger partial charge in [0.05, 0.1) is 25.3 Å². The van der Waals surface area contributed by atoms with Crippen molar-refractivity contribution in [1.29, 1.82) is 0 Å². The SMILES string of the molecule is Cc1ccc(N=C2NC(=O)/C(=C/c3ccc(Sc4ccccn4)c([N+](=O)[O-])c3)S2)cc1[N+](=O)[O-]. The van der Waals surface area contributed by atoms with Crippen molar-refractivity contribution < 1.29 is 14.6 Å². The van der Waals surface area contributed by atoms with Gasteiger partial charge in [0.15, 0.2) is 5.17 Å². The number of carbonyl (C=O) groups excluding carboxylic acids is 1. The summed E-state index contributed by atoms with van der Waals surface area (Å²) in [7, 11) is 0. The first kappa shape index (κ1) is 23.1. The molecule has 1 N–H and O–H groups in total. The van der Waals surface area contributed by atoms with Gasteiger partial charge in [-0.3, -0.25) is 25.0 Å². The minimum Gasteiger partial charge on any atom is -0.300 e. The van der Waals surface area contributed by atoms with Crippen LogP contribution in [0.1, 0.15) is 11.1 Å². The number of nitrogens with one attached hydrogen (secondary N) is 1. The number of aryl methyl sites for hydroxylation is 1. The monoisotopic (exact) mass is 493 g/mol. The van der Waals surface area contributed by atoms with E-state index in [9.17, 15) is 25.0 Å². The molecule has 0 spiro atoms. The third-order valence-corrected chi connectivity index (χ3v) is 6.53. The normalized spacial score (nSPS) is 15.5. The van der Waals surface area contributed by atoms with E-state index in [1.807, 2.05) is 0 Å². The maximum atomic E-state index is 12.4. The number of pyridine rings is 1. The summed E-state index contributed by atoms with van der Waals surface area (Å²) < 4.78 is 0. The van der Waals surface area contributed by atoms with Crippen LogP contribution >= 0.6 is 23.5 Å². The fourth-order valence-electron chi connectivity index (χ4n) is 2.99. The van der Waals surface area contributed by atoms with Crippen molar-refractivity contribution in [1.82, 2.24) is 10.3 Å². The van der Waals surface area contributed by atoms with Gasteiger partial charge in [-0.25, -0.2) is 9.98 Å². The fraction of sp³-hybridized carbons (Fsp3) is 0.0455. The van der Waals surface area contributed by atoms with E-state index in [1.54, 1.807) is 55.6 Å². The molecule has 170 valence electrons. The lowest BCUT2D eigenvalue weighted by molar-refractivity contribution is -0.387. The molecule has 1 aromatic heterocycles. The van der Waals surface area contributed by atoms with Crippen molar-refractivity contribution in [3.63, 3.8) is 0 Å². The Morgan fingerprint density at radius 3 is 2.56 bits per heavy atom. The zero-order valence-corrected chi connectivity index (χ0v) is 19.1. The van der Waals surface area contributed by atoms with E-state index in [0.29, 0.717) is 31.6 Å². The van der Waals surface area contributed by atoms with Crippen LogP contribution in [-0.2, 0) is 4.79 Å². The summed E-state index contributed by atoms with van der Waals surface area (Å²) >= 11 is 2.22. The van der Waals surface area contributed by atoms with Gasteiger partial charge in [0.25, 0.3) is 17.3 Å². The van der Waals surface area contributed by atoms with E-state index in [-0.39, 0.29) is 16.5 Å². The first-order valence-corrected chi connectivity index (χ1v) is 11.4. The zero-order chi connectivity index (χ0) is 24.2. The Hall–Kier alpha value is -4.03. The maximum absolute atomic E-state index is 12.4. The van der Waals surface area contributed by atoms with Crippen LogP contribution in [0.5, 0.6) is 0 Å². The summed E-state index contributed by atoms with van der Waals surface area (Å²) in [5, 5.41) is 26.2. The molecule has 2 aromatic carbocycles. The predicted octanol–water partition coefficient (Wildman–Crippen LogP) is 5.25. The Kier molecular flexibility index (Phi) is 6.70. The van der Waals surface area contributed by atoms with Crippen LogP contribution in [0.3, 0.4) is 0 Å². The summed E-state index contributed by atoms with van der Waals surface area (Å²) in [6, 6.07) is 14.5. The second kappa shape index (κ2) is 9.85. The number of aliphatic imine (C=N–C) groups is 1. The molecule has 0 unspecified atom stereocenters. The van der Waals surface area contributed by atoms with Gasteiger partial charge in [-0.1, -0.05) is 30.0 Å². The van der Waals surface area contributed by atoms with Gasteiger partial charge in [-0.05, 0) is 54.6 Å². The van der Waals surface area contributed by atoms with E-state index >= 15 is 0 Å². The van der Waals surface area contributed by atoms with Crippen LogP contribution in [-0.4, -0.2) is 25.9 Å². The lowest BCUT2D eigenvalue weighted by Gasteiger charge is -2.04. The van der Waals surface area contributed by atoms with Gasteiger partial charge in [0.1, 0.15) is 5.03 Å². The number of amides is 1. The quantitative estimate of drug-likeness (QED) is 0.279. The lowest BCUT2D eigenvalue weighted by atomic mass is 10.2. The van der Waals surface area contributed by atoms with E-state index in [1.165, 1.54) is 30.0 Å². The van der Waals surface area contributed by atoms with Crippen LogP contribution < -0.4 is 5.32 Å². The van der Waals surface area contributed by atoms with E-state index in [0.717, 1.165) is 11.8 Å². The van der Waals surface area contributed by atoms with Crippen molar-refractivity contribution >= 4 is 57.7 Å². The molecule has 34 heavy (non-hydrogen) atoms. The van der Waals surface area contributed by atoms with Crippen molar-refractivity contribution in [2.24, 2.45) is 4.99 Å². The summed E-state index contributed by atoms with van der Waals surface area (Å²) in [5.74, 6) is -0.417. The standard InChI is InChI=1S/C22H15N5O5S2/c1-13-5-7-15(12-16(13)26(29)30)24-22-25-21(28)19(34-22)11-14-6-8-18(17(10-14)27(31)32)33-20-4-2-3-9-23-20/h2-12H,1H3,(H,24,25,28)/b19-11-. The molecule has 0 saturated carbocycles. The van der Waals surface area contributed by atoms with Crippen LogP contribution in [0.15, 0.2) is 80.6 Å². The maximum Gasteiger partial charge on any atom is 0.283 e. The molecule has 1 amide bonds. The Morgan fingerprint density at radius 1 is 1.06 bits per heavy atom. The molecule has 2 heterocycles. The number of amidine groups is 1. The number of thioether (sulfide) groups is 1. The molecule has 3 aromatic rings. The Balaban J connectivity index is 1.58. The molecule has 0 atom stereocenters. The molecule has 1 aliphatic heterocycles.